The highest BCUT2D eigenvalue weighted by Gasteiger charge is 2.22. The molecule has 1 aromatic heterocycles. The summed E-state index contributed by atoms with van der Waals surface area (Å²) in [5.41, 5.74) is -0.983. The van der Waals surface area contributed by atoms with Crippen LogP contribution in [-0.4, -0.2) is 10.2 Å². The van der Waals surface area contributed by atoms with Crippen LogP contribution in [0.1, 0.15) is 22.3 Å². The van der Waals surface area contributed by atoms with Gasteiger partial charge in [0.25, 0.3) is 11.7 Å². The van der Waals surface area contributed by atoms with Crippen LogP contribution >= 0.6 is 39.1 Å². The fraction of sp³-hybridized carbons (Fsp3) is 0.143. The van der Waals surface area contributed by atoms with Crippen LogP contribution in [-0.2, 0) is 0 Å². The molecule has 0 fully saturated rings. The third-order valence-electron chi connectivity index (χ3n) is 1.41. The third-order valence-corrected chi connectivity index (χ3v) is 2.31. The van der Waals surface area contributed by atoms with Crippen molar-refractivity contribution < 1.29 is 13.6 Å². The first kappa shape index (κ1) is 11.8. The highest BCUT2D eigenvalue weighted by atomic mass is 79.9. The minimum Gasteiger partial charge on any atom is -0.276 e. The van der Waals surface area contributed by atoms with E-state index in [0.717, 1.165) is 6.07 Å². The van der Waals surface area contributed by atoms with Gasteiger partial charge in [-0.1, -0.05) is 11.6 Å². The summed E-state index contributed by atoms with van der Waals surface area (Å²) in [6, 6.07) is 1.10. The average molecular weight is 305 g/mol. The van der Waals surface area contributed by atoms with Gasteiger partial charge in [-0.15, -0.1) is 0 Å². The molecule has 76 valence electrons. The van der Waals surface area contributed by atoms with Gasteiger partial charge < -0.3 is 0 Å². The zero-order valence-corrected chi connectivity index (χ0v) is 9.50. The lowest BCUT2D eigenvalue weighted by Gasteiger charge is -2.06. The summed E-state index contributed by atoms with van der Waals surface area (Å²) in [4.78, 5) is 14.3. The van der Waals surface area contributed by atoms with Crippen molar-refractivity contribution in [3.05, 3.63) is 26.9 Å². The summed E-state index contributed by atoms with van der Waals surface area (Å²) < 4.78 is 25.0. The van der Waals surface area contributed by atoms with Crippen LogP contribution in [0.25, 0.3) is 0 Å². The van der Waals surface area contributed by atoms with Gasteiger partial charge in [0.1, 0.15) is 9.76 Å². The van der Waals surface area contributed by atoms with E-state index >= 15 is 0 Å². The second kappa shape index (κ2) is 4.51. The van der Waals surface area contributed by atoms with Crippen molar-refractivity contribution in [1.82, 2.24) is 4.98 Å². The van der Waals surface area contributed by atoms with E-state index in [9.17, 15) is 13.6 Å². The summed E-state index contributed by atoms with van der Waals surface area (Å²) >= 11 is 13.5. The molecule has 1 heterocycles. The van der Waals surface area contributed by atoms with Gasteiger partial charge in [0, 0.05) is 5.56 Å². The fourth-order valence-corrected chi connectivity index (χ4v) is 1.80. The molecule has 0 atom stereocenters. The molecule has 0 aliphatic carbocycles. The normalized spacial score (nSPS) is 10.7. The van der Waals surface area contributed by atoms with Crippen molar-refractivity contribution in [3.63, 3.8) is 0 Å². The lowest BCUT2D eigenvalue weighted by atomic mass is 10.1. The predicted octanol–water partition coefficient (Wildman–Crippen LogP) is 3.81. The van der Waals surface area contributed by atoms with Crippen LogP contribution < -0.4 is 0 Å². The summed E-state index contributed by atoms with van der Waals surface area (Å²) in [5.74, 6) is 0. The number of halogens is 5. The Kier molecular flexibility index (Phi) is 3.80. The zero-order chi connectivity index (χ0) is 10.9. The van der Waals surface area contributed by atoms with Gasteiger partial charge in [-0.2, -0.15) is 0 Å². The van der Waals surface area contributed by atoms with Crippen molar-refractivity contribution >= 4 is 44.4 Å². The number of aromatic nitrogens is 1. The molecular formula is C7H2BrCl2F2NO. The highest BCUT2D eigenvalue weighted by Crippen LogP contribution is 2.31. The zero-order valence-electron chi connectivity index (χ0n) is 6.40. The summed E-state index contributed by atoms with van der Waals surface area (Å²) in [7, 11) is 0. The number of carbonyl (C=O) groups is 1. The summed E-state index contributed by atoms with van der Waals surface area (Å²) in [6.45, 7) is 0. The Morgan fingerprint density at radius 2 is 2.14 bits per heavy atom. The van der Waals surface area contributed by atoms with Gasteiger partial charge in [-0.3, -0.25) is 4.79 Å². The van der Waals surface area contributed by atoms with Crippen LogP contribution in [0, 0.1) is 0 Å². The first-order chi connectivity index (χ1) is 6.43. The van der Waals surface area contributed by atoms with Gasteiger partial charge in [0.05, 0.1) is 5.56 Å². The number of pyridine rings is 1. The number of carbonyl (C=O) groups excluding carboxylic acids is 1. The monoisotopic (exact) mass is 303 g/mol. The molecule has 0 radical (unpaired) electrons. The molecule has 1 aromatic rings. The maximum absolute atomic E-state index is 12.4. The number of alkyl halides is 2. The van der Waals surface area contributed by atoms with Crippen molar-refractivity contribution in [2.24, 2.45) is 0 Å². The van der Waals surface area contributed by atoms with E-state index in [-0.39, 0.29) is 10.2 Å². The average Bonchev–Trinajstić information content (AvgIpc) is 2.01. The van der Waals surface area contributed by atoms with Crippen molar-refractivity contribution in [2.45, 2.75) is 6.43 Å². The lowest BCUT2D eigenvalue weighted by Crippen LogP contribution is -2.01. The maximum Gasteiger partial charge on any atom is 0.267 e. The first-order valence-electron chi connectivity index (χ1n) is 3.27. The van der Waals surface area contributed by atoms with E-state index in [4.69, 9.17) is 23.2 Å². The predicted molar refractivity (Wildman–Crippen MR) is 52.1 cm³/mol. The Morgan fingerprint density at radius 3 is 2.57 bits per heavy atom. The number of hydrogen-bond donors (Lipinski definition) is 0. The number of rotatable bonds is 2. The topological polar surface area (TPSA) is 30.0 Å². The molecule has 0 aliphatic rings. The molecule has 0 aromatic carbocycles. The second-order valence-electron chi connectivity index (χ2n) is 2.27. The van der Waals surface area contributed by atoms with E-state index in [2.05, 4.69) is 20.9 Å². The minimum atomic E-state index is -2.89. The molecule has 2 nitrogen and oxygen atoms in total. The minimum absolute atomic E-state index is 0.177. The molecule has 0 amide bonds. The van der Waals surface area contributed by atoms with Gasteiger partial charge in [-0.05, 0) is 33.6 Å². The Labute approximate surface area is 96.3 Å². The van der Waals surface area contributed by atoms with E-state index in [0.29, 0.717) is 0 Å². The third kappa shape index (κ3) is 2.40. The maximum atomic E-state index is 12.4. The van der Waals surface area contributed by atoms with Crippen molar-refractivity contribution in [1.29, 1.82) is 0 Å². The molecule has 1 rings (SSSR count). The quantitative estimate of drug-likeness (QED) is 0.614. The fourth-order valence-electron chi connectivity index (χ4n) is 0.864. The van der Waals surface area contributed by atoms with Crippen LogP contribution in [0.3, 0.4) is 0 Å². The largest absolute Gasteiger partial charge is 0.276 e. The number of hydrogen-bond acceptors (Lipinski definition) is 2. The molecule has 0 spiro atoms. The molecular weight excluding hydrogens is 303 g/mol. The molecule has 0 saturated heterocycles. The van der Waals surface area contributed by atoms with E-state index in [1.165, 1.54) is 0 Å². The van der Waals surface area contributed by atoms with Gasteiger partial charge >= 0.3 is 0 Å². The Morgan fingerprint density at radius 1 is 1.57 bits per heavy atom. The van der Waals surface area contributed by atoms with Crippen LogP contribution in [0.4, 0.5) is 8.78 Å². The highest BCUT2D eigenvalue weighted by molar-refractivity contribution is 9.10. The molecule has 14 heavy (non-hydrogen) atoms. The molecule has 0 N–H and O–H groups in total. The van der Waals surface area contributed by atoms with Gasteiger partial charge in [-0.25, -0.2) is 13.8 Å². The van der Waals surface area contributed by atoms with E-state index in [1.54, 1.807) is 0 Å². The van der Waals surface area contributed by atoms with E-state index in [1.807, 2.05) is 0 Å². The Hall–Kier alpha value is -0.260. The van der Waals surface area contributed by atoms with Gasteiger partial charge in [0.2, 0.25) is 0 Å². The van der Waals surface area contributed by atoms with Crippen molar-refractivity contribution in [2.75, 3.05) is 0 Å². The Balaban J connectivity index is 3.44. The standard InChI is InChI=1S/C7H2BrCl2F2NO/c8-3-1-2(6(10)14)4(7(11)12)5(9)13-3/h1,7H. The summed E-state index contributed by atoms with van der Waals surface area (Å²) in [5, 5.41) is -1.43. The second-order valence-corrected chi connectivity index (χ2v) is 3.79. The van der Waals surface area contributed by atoms with Crippen LogP contribution in [0.2, 0.25) is 5.15 Å². The molecule has 0 aliphatic heterocycles. The van der Waals surface area contributed by atoms with Crippen LogP contribution in [0.15, 0.2) is 10.7 Å². The Bertz CT molecular complexity index is 386. The molecule has 0 unspecified atom stereocenters. The van der Waals surface area contributed by atoms with Gasteiger partial charge in [0.15, 0.2) is 0 Å². The first-order valence-corrected chi connectivity index (χ1v) is 4.82. The summed E-state index contributed by atoms with van der Waals surface area (Å²) in [6.07, 6.45) is -2.89. The SMILES string of the molecule is O=C(Cl)c1cc(Br)nc(Cl)c1C(F)F. The molecule has 0 saturated carbocycles. The van der Waals surface area contributed by atoms with Crippen LogP contribution in [0.5, 0.6) is 0 Å². The smallest absolute Gasteiger partial charge is 0.267 e. The number of nitrogens with zero attached hydrogens (tertiary/aromatic N) is 1. The van der Waals surface area contributed by atoms with E-state index < -0.39 is 22.4 Å². The molecule has 7 heteroatoms. The van der Waals surface area contributed by atoms with Crippen molar-refractivity contribution in [3.8, 4) is 0 Å². The molecule has 0 bridgehead atoms. The lowest BCUT2D eigenvalue weighted by molar-refractivity contribution is 0.106.